The highest BCUT2D eigenvalue weighted by molar-refractivity contribution is 6.07. The zero-order chi connectivity index (χ0) is 21.1. The van der Waals surface area contributed by atoms with Crippen LogP contribution in [0, 0.1) is 0 Å². The van der Waals surface area contributed by atoms with E-state index in [9.17, 15) is 0 Å². The van der Waals surface area contributed by atoms with Crippen LogP contribution < -0.4 is 0 Å². The summed E-state index contributed by atoms with van der Waals surface area (Å²) in [6, 6.07) is 30.6. The molecule has 0 saturated heterocycles. The van der Waals surface area contributed by atoms with Gasteiger partial charge in [-0.25, -0.2) is 9.97 Å². The number of benzene rings is 4. The molecule has 2 heterocycles. The molecule has 0 saturated carbocycles. The monoisotopic (exact) mass is 410 g/mol. The van der Waals surface area contributed by atoms with Crippen LogP contribution in [0.25, 0.3) is 54.7 Å². The van der Waals surface area contributed by atoms with Crippen LogP contribution >= 0.6 is 0 Å². The Balaban J connectivity index is 1.59. The maximum atomic E-state index is 5.31. The minimum Gasteiger partial charge on any atom is -0.245 e. The second-order valence-electron chi connectivity index (χ2n) is 8.92. The van der Waals surface area contributed by atoms with Crippen LogP contribution in [-0.4, -0.2) is 9.97 Å². The fourth-order valence-corrected chi connectivity index (χ4v) is 5.33. The Morgan fingerprint density at radius 1 is 0.469 bits per heavy atom. The van der Waals surface area contributed by atoms with Crippen LogP contribution in [0.4, 0.5) is 0 Å². The predicted octanol–water partition coefficient (Wildman–Crippen LogP) is 7.64. The van der Waals surface area contributed by atoms with E-state index >= 15 is 0 Å². The van der Waals surface area contributed by atoms with Gasteiger partial charge >= 0.3 is 0 Å². The minimum absolute atomic E-state index is 1.06. The van der Waals surface area contributed by atoms with Crippen molar-refractivity contribution in [3.8, 4) is 11.4 Å². The van der Waals surface area contributed by atoms with Crippen molar-refractivity contribution in [3.63, 3.8) is 0 Å². The number of rotatable bonds is 0. The molecule has 152 valence electrons. The van der Waals surface area contributed by atoms with Crippen molar-refractivity contribution < 1.29 is 0 Å². The van der Waals surface area contributed by atoms with Gasteiger partial charge in [0.2, 0.25) is 0 Å². The van der Waals surface area contributed by atoms with Gasteiger partial charge in [-0.15, -0.1) is 0 Å². The number of pyridine rings is 2. The van der Waals surface area contributed by atoms with Crippen molar-refractivity contribution in [3.05, 3.63) is 96.1 Å². The average molecular weight is 411 g/mol. The third-order valence-corrected chi connectivity index (χ3v) is 6.95. The summed E-state index contributed by atoms with van der Waals surface area (Å²) in [5, 5.41) is 7.32. The van der Waals surface area contributed by atoms with Crippen molar-refractivity contribution >= 4 is 43.4 Å². The van der Waals surface area contributed by atoms with E-state index in [2.05, 4.69) is 84.9 Å². The van der Waals surface area contributed by atoms with Gasteiger partial charge in [0.25, 0.3) is 0 Å². The molecule has 2 nitrogen and oxygen atoms in total. The normalized spacial score (nSPS) is 13.8. The van der Waals surface area contributed by atoms with E-state index in [0.717, 1.165) is 35.3 Å². The van der Waals surface area contributed by atoms with E-state index in [1.54, 1.807) is 0 Å². The molecule has 0 spiro atoms. The molecule has 2 aromatic heterocycles. The number of hydrogen-bond acceptors (Lipinski definition) is 2. The molecule has 7 rings (SSSR count). The first-order valence-corrected chi connectivity index (χ1v) is 11.5. The van der Waals surface area contributed by atoms with Gasteiger partial charge in [0.1, 0.15) is 0 Å². The Morgan fingerprint density at radius 3 is 1.41 bits per heavy atom. The Bertz CT molecular complexity index is 1550. The summed E-state index contributed by atoms with van der Waals surface area (Å²) in [6.07, 6.45) is 4.48. The van der Waals surface area contributed by atoms with Crippen molar-refractivity contribution in [2.75, 3.05) is 0 Å². The summed E-state index contributed by atoms with van der Waals surface area (Å²) >= 11 is 0. The lowest BCUT2D eigenvalue weighted by molar-refractivity contribution is 0.726. The highest BCUT2D eigenvalue weighted by Crippen LogP contribution is 2.36. The van der Waals surface area contributed by atoms with E-state index < -0.39 is 0 Å². The lowest BCUT2D eigenvalue weighted by Crippen LogP contribution is -2.05. The van der Waals surface area contributed by atoms with Crippen molar-refractivity contribution in [1.29, 1.82) is 0 Å². The first kappa shape index (κ1) is 17.9. The predicted molar refractivity (Wildman–Crippen MR) is 134 cm³/mol. The van der Waals surface area contributed by atoms with Gasteiger partial charge in [0.15, 0.2) is 0 Å². The standard InChI is InChI=1S/C30H22N2/c1-2-10-22-18-24-16-14-20-8-4-6-12-26(20)28(24)32-30(22)29-21(9-1)17-23-15-13-19-7-3-5-11-25(19)27(23)31-29/h3-8,11-18H,1-2,9-10H2. The molecule has 2 heteroatoms. The van der Waals surface area contributed by atoms with Crippen molar-refractivity contribution in [2.24, 2.45) is 0 Å². The molecule has 1 aliphatic carbocycles. The average Bonchev–Trinajstić information content (AvgIpc) is 2.84. The minimum atomic E-state index is 1.06. The van der Waals surface area contributed by atoms with Gasteiger partial charge in [0, 0.05) is 21.5 Å². The second-order valence-corrected chi connectivity index (χ2v) is 8.92. The lowest BCUT2D eigenvalue weighted by Gasteiger charge is -2.18. The molecule has 0 N–H and O–H groups in total. The first-order chi connectivity index (χ1) is 15.8. The van der Waals surface area contributed by atoms with Crippen LogP contribution in [0.2, 0.25) is 0 Å². The zero-order valence-electron chi connectivity index (χ0n) is 17.8. The number of hydrogen-bond donors (Lipinski definition) is 0. The molecular weight excluding hydrogens is 388 g/mol. The van der Waals surface area contributed by atoms with Crippen LogP contribution in [-0.2, 0) is 12.8 Å². The fourth-order valence-electron chi connectivity index (χ4n) is 5.33. The molecule has 0 aliphatic heterocycles. The molecule has 0 radical (unpaired) electrons. The van der Waals surface area contributed by atoms with Crippen LogP contribution in [0.15, 0.2) is 84.9 Å². The van der Waals surface area contributed by atoms with Crippen LogP contribution in [0.1, 0.15) is 24.0 Å². The fraction of sp³-hybridized carbons (Fsp3) is 0.133. The zero-order valence-corrected chi connectivity index (χ0v) is 17.8. The first-order valence-electron chi connectivity index (χ1n) is 11.5. The smallest absolute Gasteiger partial charge is 0.0929 e. The van der Waals surface area contributed by atoms with E-state index in [1.165, 1.54) is 56.3 Å². The van der Waals surface area contributed by atoms with Gasteiger partial charge in [-0.05, 0) is 59.7 Å². The van der Waals surface area contributed by atoms with E-state index in [1.807, 2.05) is 0 Å². The third kappa shape index (κ3) is 2.66. The highest BCUT2D eigenvalue weighted by atomic mass is 14.8. The summed E-state index contributed by atoms with van der Waals surface area (Å²) in [4.78, 5) is 10.6. The van der Waals surface area contributed by atoms with Gasteiger partial charge in [-0.3, -0.25) is 0 Å². The number of nitrogens with zero attached hydrogens (tertiary/aromatic N) is 2. The summed E-state index contributed by atoms with van der Waals surface area (Å²) in [6.45, 7) is 0. The molecule has 1 aliphatic rings. The molecule has 4 aromatic carbocycles. The lowest BCUT2D eigenvalue weighted by atomic mass is 9.91. The number of aryl methyl sites for hydroxylation is 2. The molecule has 0 bridgehead atoms. The van der Waals surface area contributed by atoms with Gasteiger partial charge in [-0.1, -0.05) is 72.8 Å². The van der Waals surface area contributed by atoms with Crippen molar-refractivity contribution in [1.82, 2.24) is 9.97 Å². The maximum absolute atomic E-state index is 5.31. The Morgan fingerprint density at radius 2 is 0.906 bits per heavy atom. The SMILES string of the molecule is c1ccc2c(c1)ccc1cc3c(nc12)-c1nc2c(ccc4ccccc42)cc1CCCC3. The van der Waals surface area contributed by atoms with Crippen molar-refractivity contribution in [2.45, 2.75) is 25.7 Å². The Hall–Kier alpha value is -3.78. The maximum Gasteiger partial charge on any atom is 0.0929 e. The van der Waals surface area contributed by atoms with Crippen LogP contribution in [0.5, 0.6) is 0 Å². The van der Waals surface area contributed by atoms with Gasteiger partial charge in [0.05, 0.1) is 22.4 Å². The summed E-state index contributed by atoms with van der Waals surface area (Å²) in [5.74, 6) is 0. The highest BCUT2D eigenvalue weighted by Gasteiger charge is 2.19. The molecule has 0 amide bonds. The molecule has 0 atom stereocenters. The van der Waals surface area contributed by atoms with Gasteiger partial charge < -0.3 is 0 Å². The van der Waals surface area contributed by atoms with E-state index in [-0.39, 0.29) is 0 Å². The second kappa shape index (κ2) is 6.86. The molecule has 32 heavy (non-hydrogen) atoms. The molecule has 0 unspecified atom stereocenters. The largest absolute Gasteiger partial charge is 0.245 e. The summed E-state index contributed by atoms with van der Waals surface area (Å²) in [7, 11) is 0. The number of aromatic nitrogens is 2. The summed E-state index contributed by atoms with van der Waals surface area (Å²) in [5.41, 5.74) is 6.93. The summed E-state index contributed by atoms with van der Waals surface area (Å²) < 4.78 is 0. The molecular formula is C30H22N2. The van der Waals surface area contributed by atoms with E-state index in [0.29, 0.717) is 0 Å². The topological polar surface area (TPSA) is 25.8 Å². The molecule has 0 fully saturated rings. The third-order valence-electron chi connectivity index (χ3n) is 6.95. The number of fused-ring (bicyclic) bond motifs is 9. The Kier molecular flexibility index (Phi) is 3.83. The van der Waals surface area contributed by atoms with Gasteiger partial charge in [-0.2, -0.15) is 0 Å². The quantitative estimate of drug-likeness (QED) is 0.241. The Labute approximate surface area is 186 Å². The van der Waals surface area contributed by atoms with Crippen LogP contribution in [0.3, 0.4) is 0 Å². The molecule has 6 aromatic rings. The van der Waals surface area contributed by atoms with E-state index in [4.69, 9.17) is 9.97 Å².